The number of nitro benzene ring substituents is 1. The summed E-state index contributed by atoms with van der Waals surface area (Å²) >= 11 is 3.03. The van der Waals surface area contributed by atoms with Crippen LogP contribution >= 0.6 is 15.9 Å². The first-order chi connectivity index (χ1) is 11.3. The zero-order chi connectivity index (χ0) is 17.9. The van der Waals surface area contributed by atoms with Crippen LogP contribution in [0.1, 0.15) is 26.3 Å². The minimum Gasteiger partial charge on any atom is -0.454 e. The van der Waals surface area contributed by atoms with Crippen molar-refractivity contribution in [3.63, 3.8) is 0 Å². The molecule has 0 radical (unpaired) electrons. The van der Waals surface area contributed by atoms with Gasteiger partial charge in [-0.15, -0.1) is 0 Å². The fourth-order valence-corrected chi connectivity index (χ4v) is 2.44. The molecule has 0 heterocycles. The van der Waals surface area contributed by atoms with Crippen molar-refractivity contribution in [2.75, 3.05) is 6.61 Å². The average Bonchev–Trinajstić information content (AvgIpc) is 2.52. The van der Waals surface area contributed by atoms with Crippen molar-refractivity contribution in [2.24, 2.45) is 0 Å². The Bertz CT molecular complexity index is 837. The zero-order valence-corrected chi connectivity index (χ0v) is 14.0. The molecular formula is C16H11BrFNO5. The molecule has 24 heavy (non-hydrogen) atoms. The van der Waals surface area contributed by atoms with Gasteiger partial charge in [-0.25, -0.2) is 9.18 Å². The first kappa shape index (κ1) is 17.7. The topological polar surface area (TPSA) is 86.5 Å². The summed E-state index contributed by atoms with van der Waals surface area (Å²) in [6, 6.07) is 7.42. The molecule has 0 fully saturated rings. The van der Waals surface area contributed by atoms with E-state index >= 15 is 0 Å². The predicted octanol–water partition coefficient (Wildman–Crippen LogP) is 3.84. The minimum atomic E-state index is -0.808. The maximum atomic E-state index is 13.0. The standard InChI is InChI=1S/C16H11BrFNO5/c1-9-2-3-10(6-14(9)19(22)23)15(20)8-24-16(21)12-5-4-11(18)7-13(12)17/h2-7H,8H2,1H3. The molecule has 2 rings (SSSR count). The SMILES string of the molecule is Cc1ccc(C(=O)COC(=O)c2ccc(F)cc2Br)cc1[N+](=O)[O-]. The van der Waals surface area contributed by atoms with E-state index in [1.807, 2.05) is 0 Å². The third-order valence-corrected chi connectivity index (χ3v) is 3.87. The fraction of sp³-hybridized carbons (Fsp3) is 0.125. The van der Waals surface area contributed by atoms with E-state index in [2.05, 4.69) is 15.9 Å². The fourth-order valence-electron chi connectivity index (χ4n) is 1.93. The maximum absolute atomic E-state index is 13.0. The van der Waals surface area contributed by atoms with Crippen LogP contribution in [0.3, 0.4) is 0 Å². The minimum absolute atomic E-state index is 0.0678. The van der Waals surface area contributed by atoms with Crippen LogP contribution in [0.15, 0.2) is 40.9 Å². The number of halogens is 2. The lowest BCUT2D eigenvalue weighted by atomic mass is 10.1. The summed E-state index contributed by atoms with van der Waals surface area (Å²) in [6.07, 6.45) is 0. The highest BCUT2D eigenvalue weighted by atomic mass is 79.9. The lowest BCUT2D eigenvalue weighted by molar-refractivity contribution is -0.385. The van der Waals surface area contributed by atoms with E-state index in [1.165, 1.54) is 18.2 Å². The van der Waals surface area contributed by atoms with Crippen LogP contribution in [0.2, 0.25) is 0 Å². The normalized spacial score (nSPS) is 10.3. The van der Waals surface area contributed by atoms with Gasteiger partial charge >= 0.3 is 5.97 Å². The molecule has 0 amide bonds. The van der Waals surface area contributed by atoms with Crippen molar-refractivity contribution in [3.05, 3.63) is 73.5 Å². The molecule has 0 bridgehead atoms. The van der Waals surface area contributed by atoms with Gasteiger partial charge in [0.1, 0.15) is 5.82 Å². The zero-order valence-electron chi connectivity index (χ0n) is 12.4. The van der Waals surface area contributed by atoms with Gasteiger partial charge in [0, 0.05) is 21.7 Å². The van der Waals surface area contributed by atoms with Crippen LogP contribution in [0, 0.1) is 22.9 Å². The highest BCUT2D eigenvalue weighted by Gasteiger charge is 2.18. The predicted molar refractivity (Wildman–Crippen MR) is 86.5 cm³/mol. The van der Waals surface area contributed by atoms with Gasteiger partial charge in [-0.05, 0) is 41.1 Å². The van der Waals surface area contributed by atoms with Crippen molar-refractivity contribution in [1.29, 1.82) is 0 Å². The smallest absolute Gasteiger partial charge is 0.339 e. The summed E-state index contributed by atoms with van der Waals surface area (Å²) in [7, 11) is 0. The van der Waals surface area contributed by atoms with Gasteiger partial charge in [-0.1, -0.05) is 12.1 Å². The quantitative estimate of drug-likeness (QED) is 0.332. The lowest BCUT2D eigenvalue weighted by Crippen LogP contribution is -2.15. The Morgan fingerprint density at radius 3 is 2.58 bits per heavy atom. The van der Waals surface area contributed by atoms with Crippen molar-refractivity contribution in [1.82, 2.24) is 0 Å². The maximum Gasteiger partial charge on any atom is 0.339 e. The Labute approximate surface area is 144 Å². The summed E-state index contributed by atoms with van der Waals surface area (Å²) in [5.74, 6) is -1.91. The molecule has 2 aromatic carbocycles. The van der Waals surface area contributed by atoms with Crippen molar-refractivity contribution in [2.45, 2.75) is 6.92 Å². The molecule has 0 saturated heterocycles. The van der Waals surface area contributed by atoms with Gasteiger partial charge in [0.05, 0.1) is 10.5 Å². The molecule has 0 aliphatic carbocycles. The van der Waals surface area contributed by atoms with E-state index in [9.17, 15) is 24.1 Å². The van der Waals surface area contributed by atoms with E-state index in [-0.39, 0.29) is 21.3 Å². The second kappa shape index (κ2) is 7.31. The second-order valence-electron chi connectivity index (χ2n) is 4.88. The van der Waals surface area contributed by atoms with Crippen molar-refractivity contribution >= 4 is 33.4 Å². The van der Waals surface area contributed by atoms with E-state index in [4.69, 9.17) is 4.74 Å². The van der Waals surface area contributed by atoms with Gasteiger partial charge in [0.25, 0.3) is 5.69 Å². The van der Waals surface area contributed by atoms with Gasteiger partial charge < -0.3 is 4.74 Å². The number of rotatable bonds is 5. The summed E-state index contributed by atoms with van der Waals surface area (Å²) < 4.78 is 18.1. The third kappa shape index (κ3) is 4.02. The number of carbonyl (C=O) groups excluding carboxylic acids is 2. The number of carbonyl (C=O) groups is 2. The molecule has 0 atom stereocenters. The molecule has 0 aliphatic rings. The molecule has 0 aromatic heterocycles. The number of ether oxygens (including phenoxy) is 1. The van der Waals surface area contributed by atoms with E-state index in [0.29, 0.717) is 5.56 Å². The number of nitrogens with zero attached hydrogens (tertiary/aromatic N) is 1. The van der Waals surface area contributed by atoms with E-state index in [0.717, 1.165) is 18.2 Å². The Hall–Kier alpha value is -2.61. The number of hydrogen-bond acceptors (Lipinski definition) is 5. The van der Waals surface area contributed by atoms with Crippen LogP contribution in [0.5, 0.6) is 0 Å². The van der Waals surface area contributed by atoms with Crippen LogP contribution in [-0.4, -0.2) is 23.3 Å². The van der Waals surface area contributed by atoms with Gasteiger partial charge in [0.2, 0.25) is 5.78 Å². The summed E-state index contributed by atoms with van der Waals surface area (Å²) in [5.41, 5.74) is 0.370. The van der Waals surface area contributed by atoms with E-state index < -0.39 is 29.1 Å². The van der Waals surface area contributed by atoms with Gasteiger partial charge in [-0.2, -0.15) is 0 Å². The highest BCUT2D eigenvalue weighted by molar-refractivity contribution is 9.10. The van der Waals surface area contributed by atoms with E-state index in [1.54, 1.807) is 6.92 Å². The summed E-state index contributed by atoms with van der Waals surface area (Å²) in [5, 5.41) is 10.9. The number of hydrogen-bond donors (Lipinski definition) is 0. The van der Waals surface area contributed by atoms with Gasteiger partial charge in [0.15, 0.2) is 6.61 Å². The Balaban J connectivity index is 2.09. The Morgan fingerprint density at radius 2 is 1.96 bits per heavy atom. The third-order valence-electron chi connectivity index (χ3n) is 3.21. The molecule has 124 valence electrons. The largest absolute Gasteiger partial charge is 0.454 e. The number of nitro groups is 1. The first-order valence-electron chi connectivity index (χ1n) is 6.70. The molecular weight excluding hydrogens is 385 g/mol. The number of esters is 1. The van der Waals surface area contributed by atoms with Crippen LogP contribution in [0.25, 0.3) is 0 Å². The second-order valence-corrected chi connectivity index (χ2v) is 5.74. The van der Waals surface area contributed by atoms with Crippen LogP contribution < -0.4 is 0 Å². The number of ketones is 1. The summed E-state index contributed by atoms with van der Waals surface area (Å²) in [4.78, 5) is 34.2. The highest BCUT2D eigenvalue weighted by Crippen LogP contribution is 2.21. The average molecular weight is 396 g/mol. The molecule has 2 aromatic rings. The monoisotopic (exact) mass is 395 g/mol. The van der Waals surface area contributed by atoms with Gasteiger partial charge in [-0.3, -0.25) is 14.9 Å². The Kier molecular flexibility index (Phi) is 5.40. The first-order valence-corrected chi connectivity index (χ1v) is 7.49. The van der Waals surface area contributed by atoms with Crippen molar-refractivity contribution < 1.29 is 23.6 Å². The molecule has 8 heteroatoms. The number of benzene rings is 2. The molecule has 0 unspecified atom stereocenters. The lowest BCUT2D eigenvalue weighted by Gasteiger charge is -2.06. The number of Topliss-reactive ketones (excluding diaryl/α,β-unsaturated/α-hetero) is 1. The van der Waals surface area contributed by atoms with Crippen molar-refractivity contribution in [3.8, 4) is 0 Å². The Morgan fingerprint density at radius 1 is 1.25 bits per heavy atom. The molecule has 0 N–H and O–H groups in total. The number of aryl methyl sites for hydroxylation is 1. The molecule has 0 spiro atoms. The van der Waals surface area contributed by atoms with Crippen LogP contribution in [-0.2, 0) is 4.74 Å². The molecule has 0 saturated carbocycles. The summed E-state index contributed by atoms with van der Waals surface area (Å²) in [6.45, 7) is 0.974. The molecule has 6 nitrogen and oxygen atoms in total. The molecule has 0 aliphatic heterocycles. The van der Waals surface area contributed by atoms with Crippen LogP contribution in [0.4, 0.5) is 10.1 Å².